The third-order valence-corrected chi connectivity index (χ3v) is 4.87. The highest BCUT2D eigenvalue weighted by molar-refractivity contribution is 5.82. The quantitative estimate of drug-likeness (QED) is 0.903. The summed E-state index contributed by atoms with van der Waals surface area (Å²) in [6.45, 7) is 0. The first-order valence-corrected chi connectivity index (χ1v) is 7.60. The van der Waals surface area contributed by atoms with E-state index in [2.05, 4.69) is 24.3 Å². The smallest absolute Gasteiger partial charge is 0.136 e. The molecule has 2 nitrogen and oxygen atoms in total. The standard InChI is InChI=1S/C17H23NO/c18-15-9-8-14(10-15)17(19)11-13-6-3-5-12-4-1-2-7-16(12)13/h1-2,4,7,13-15H,3,5-6,8-11,18H2. The maximum absolute atomic E-state index is 12.4. The summed E-state index contributed by atoms with van der Waals surface area (Å²) in [4.78, 5) is 12.4. The summed E-state index contributed by atoms with van der Waals surface area (Å²) in [7, 11) is 0. The number of carbonyl (C=O) groups excluding carboxylic acids is 1. The first kappa shape index (κ1) is 12.9. The maximum Gasteiger partial charge on any atom is 0.136 e. The molecule has 0 heterocycles. The minimum Gasteiger partial charge on any atom is -0.328 e. The van der Waals surface area contributed by atoms with E-state index in [4.69, 9.17) is 5.73 Å². The van der Waals surface area contributed by atoms with Crippen LogP contribution in [0.5, 0.6) is 0 Å². The van der Waals surface area contributed by atoms with Crippen LogP contribution in [-0.4, -0.2) is 11.8 Å². The molecule has 2 N–H and O–H groups in total. The van der Waals surface area contributed by atoms with Gasteiger partial charge in [-0.1, -0.05) is 24.3 Å². The van der Waals surface area contributed by atoms with Gasteiger partial charge in [-0.2, -0.15) is 0 Å². The lowest BCUT2D eigenvalue weighted by Crippen LogP contribution is -2.20. The zero-order valence-electron chi connectivity index (χ0n) is 11.5. The van der Waals surface area contributed by atoms with Crippen LogP contribution in [0.2, 0.25) is 0 Å². The fourth-order valence-corrected chi connectivity index (χ4v) is 3.78. The average Bonchev–Trinajstić information content (AvgIpc) is 2.86. The molecule has 1 saturated carbocycles. The third kappa shape index (κ3) is 2.74. The van der Waals surface area contributed by atoms with Gasteiger partial charge in [0.25, 0.3) is 0 Å². The Morgan fingerprint density at radius 1 is 1.21 bits per heavy atom. The minimum absolute atomic E-state index is 0.240. The van der Waals surface area contributed by atoms with Crippen molar-refractivity contribution in [3.8, 4) is 0 Å². The van der Waals surface area contributed by atoms with E-state index in [0.717, 1.165) is 25.7 Å². The van der Waals surface area contributed by atoms with E-state index in [0.29, 0.717) is 11.7 Å². The summed E-state index contributed by atoms with van der Waals surface area (Å²) in [5.41, 5.74) is 8.79. The van der Waals surface area contributed by atoms with Gasteiger partial charge in [0.1, 0.15) is 5.78 Å². The van der Waals surface area contributed by atoms with Gasteiger partial charge in [-0.15, -0.1) is 0 Å². The Kier molecular flexibility index (Phi) is 3.69. The number of hydrogen-bond donors (Lipinski definition) is 1. The summed E-state index contributed by atoms with van der Waals surface area (Å²) < 4.78 is 0. The molecular formula is C17H23NO. The molecule has 102 valence electrons. The molecule has 2 aliphatic carbocycles. The highest BCUT2D eigenvalue weighted by atomic mass is 16.1. The molecule has 0 aromatic heterocycles. The first-order chi connectivity index (χ1) is 9.24. The van der Waals surface area contributed by atoms with E-state index in [9.17, 15) is 4.79 Å². The van der Waals surface area contributed by atoms with Gasteiger partial charge in [0.15, 0.2) is 0 Å². The molecule has 0 aliphatic heterocycles. The number of ketones is 1. The van der Waals surface area contributed by atoms with Gasteiger partial charge in [-0.05, 0) is 55.6 Å². The van der Waals surface area contributed by atoms with Gasteiger partial charge >= 0.3 is 0 Å². The number of hydrogen-bond acceptors (Lipinski definition) is 2. The van der Waals surface area contributed by atoms with E-state index in [1.54, 1.807) is 0 Å². The van der Waals surface area contributed by atoms with Gasteiger partial charge in [0.2, 0.25) is 0 Å². The second kappa shape index (κ2) is 5.46. The second-order valence-electron chi connectivity index (χ2n) is 6.23. The predicted molar refractivity (Wildman–Crippen MR) is 77.1 cm³/mol. The zero-order valence-corrected chi connectivity index (χ0v) is 11.5. The van der Waals surface area contributed by atoms with E-state index >= 15 is 0 Å². The van der Waals surface area contributed by atoms with Crippen molar-refractivity contribution in [3.63, 3.8) is 0 Å². The Bertz CT molecular complexity index is 468. The van der Waals surface area contributed by atoms with Gasteiger partial charge in [-0.25, -0.2) is 0 Å². The predicted octanol–water partition coefficient (Wildman–Crippen LogP) is 3.19. The van der Waals surface area contributed by atoms with Crippen molar-refractivity contribution >= 4 is 5.78 Å². The van der Waals surface area contributed by atoms with Crippen LogP contribution >= 0.6 is 0 Å². The summed E-state index contributed by atoms with van der Waals surface area (Å²) in [5, 5.41) is 0. The van der Waals surface area contributed by atoms with E-state index in [1.807, 2.05) is 0 Å². The van der Waals surface area contributed by atoms with Crippen LogP contribution in [0.3, 0.4) is 0 Å². The number of rotatable bonds is 3. The molecule has 0 spiro atoms. The van der Waals surface area contributed by atoms with Crippen molar-refractivity contribution < 1.29 is 4.79 Å². The molecular weight excluding hydrogens is 234 g/mol. The first-order valence-electron chi connectivity index (χ1n) is 7.60. The van der Waals surface area contributed by atoms with Crippen LogP contribution in [0.4, 0.5) is 0 Å². The van der Waals surface area contributed by atoms with Crippen molar-refractivity contribution in [2.45, 2.75) is 56.9 Å². The van der Waals surface area contributed by atoms with Crippen LogP contribution in [-0.2, 0) is 11.2 Å². The highest BCUT2D eigenvalue weighted by Gasteiger charge is 2.30. The van der Waals surface area contributed by atoms with Crippen LogP contribution in [0.15, 0.2) is 24.3 Å². The number of nitrogens with two attached hydrogens (primary N) is 1. The van der Waals surface area contributed by atoms with Crippen molar-refractivity contribution in [2.75, 3.05) is 0 Å². The molecule has 0 saturated heterocycles. The van der Waals surface area contributed by atoms with Gasteiger partial charge in [-0.3, -0.25) is 4.79 Å². The number of carbonyl (C=O) groups is 1. The molecule has 0 amide bonds. The lowest BCUT2D eigenvalue weighted by atomic mass is 9.79. The van der Waals surface area contributed by atoms with Crippen molar-refractivity contribution in [1.82, 2.24) is 0 Å². The zero-order chi connectivity index (χ0) is 13.2. The number of aryl methyl sites for hydroxylation is 1. The van der Waals surface area contributed by atoms with Gasteiger partial charge in [0.05, 0.1) is 0 Å². The number of fused-ring (bicyclic) bond motifs is 1. The molecule has 2 heteroatoms. The lowest BCUT2D eigenvalue weighted by Gasteiger charge is -2.25. The molecule has 2 aliphatic rings. The Balaban J connectivity index is 1.69. The van der Waals surface area contributed by atoms with Crippen molar-refractivity contribution in [2.24, 2.45) is 11.7 Å². The highest BCUT2D eigenvalue weighted by Crippen LogP contribution is 2.36. The summed E-state index contributed by atoms with van der Waals surface area (Å²) in [6, 6.07) is 8.91. The number of benzene rings is 1. The molecule has 1 aromatic carbocycles. The summed E-state index contributed by atoms with van der Waals surface area (Å²) in [6.07, 6.45) is 7.24. The largest absolute Gasteiger partial charge is 0.328 e. The van der Waals surface area contributed by atoms with E-state index < -0.39 is 0 Å². The van der Waals surface area contributed by atoms with Crippen LogP contribution in [0, 0.1) is 5.92 Å². The van der Waals surface area contributed by atoms with Crippen LogP contribution < -0.4 is 5.73 Å². The Morgan fingerprint density at radius 3 is 2.84 bits per heavy atom. The summed E-state index contributed by atoms with van der Waals surface area (Å²) in [5.74, 6) is 1.15. The molecule has 0 bridgehead atoms. The molecule has 19 heavy (non-hydrogen) atoms. The average molecular weight is 257 g/mol. The summed E-state index contributed by atoms with van der Waals surface area (Å²) >= 11 is 0. The minimum atomic E-state index is 0.240. The van der Waals surface area contributed by atoms with Gasteiger partial charge in [0, 0.05) is 18.4 Å². The Labute approximate surface area is 115 Å². The molecule has 3 unspecified atom stereocenters. The monoisotopic (exact) mass is 257 g/mol. The number of Topliss-reactive ketones (excluding diaryl/α,β-unsaturated/α-hetero) is 1. The molecule has 3 atom stereocenters. The second-order valence-corrected chi connectivity index (χ2v) is 6.23. The van der Waals surface area contributed by atoms with Crippen LogP contribution in [0.25, 0.3) is 0 Å². The van der Waals surface area contributed by atoms with Crippen molar-refractivity contribution in [3.05, 3.63) is 35.4 Å². The molecule has 1 aromatic rings. The fraction of sp³-hybridized carbons (Fsp3) is 0.588. The maximum atomic E-state index is 12.4. The third-order valence-electron chi connectivity index (χ3n) is 4.87. The van der Waals surface area contributed by atoms with Crippen LogP contribution in [0.1, 0.15) is 55.6 Å². The molecule has 0 radical (unpaired) electrons. The van der Waals surface area contributed by atoms with E-state index in [1.165, 1.54) is 30.4 Å². The van der Waals surface area contributed by atoms with Gasteiger partial charge < -0.3 is 5.73 Å². The molecule has 1 fully saturated rings. The Morgan fingerprint density at radius 2 is 2.05 bits per heavy atom. The normalized spacial score (nSPS) is 30.1. The Hall–Kier alpha value is -1.15. The lowest BCUT2D eigenvalue weighted by molar-refractivity contribution is -0.123. The van der Waals surface area contributed by atoms with Crippen molar-refractivity contribution in [1.29, 1.82) is 0 Å². The topological polar surface area (TPSA) is 43.1 Å². The fourth-order valence-electron chi connectivity index (χ4n) is 3.78. The van der Waals surface area contributed by atoms with E-state index in [-0.39, 0.29) is 12.0 Å². The SMILES string of the molecule is NC1CCC(C(=O)CC2CCCc3ccccc32)C1. The molecule has 3 rings (SSSR count).